The molecule has 1 amide bonds. The second kappa shape index (κ2) is 10.9. The maximum Gasteiger partial charge on any atom is 0.270 e. The van der Waals surface area contributed by atoms with E-state index in [9.17, 15) is 4.79 Å². The van der Waals surface area contributed by atoms with Crippen LogP contribution in [-0.2, 0) is 12.2 Å². The Morgan fingerprint density at radius 2 is 2.09 bits per heavy atom. The summed E-state index contributed by atoms with van der Waals surface area (Å²) in [5, 5.41) is 15.5. The van der Waals surface area contributed by atoms with E-state index in [0.717, 1.165) is 16.4 Å². The molecule has 0 aliphatic heterocycles. The molecule has 0 aliphatic rings. The summed E-state index contributed by atoms with van der Waals surface area (Å²) in [6, 6.07) is 16.8. The smallest absolute Gasteiger partial charge is 0.270 e. The number of pyridine rings is 1. The number of hydrogen-bond donors (Lipinski definition) is 1. The summed E-state index contributed by atoms with van der Waals surface area (Å²) in [5.74, 6) is 1.51. The predicted octanol–water partition coefficient (Wildman–Crippen LogP) is 5.30. The molecule has 0 aliphatic carbocycles. The Hall–Kier alpha value is -3.47. The van der Waals surface area contributed by atoms with Gasteiger partial charge in [-0.2, -0.15) is 0 Å². The van der Waals surface area contributed by atoms with Crippen molar-refractivity contribution in [3.05, 3.63) is 93.9 Å². The topological polar surface area (TPSA) is 98.7 Å². The van der Waals surface area contributed by atoms with Gasteiger partial charge in [0.1, 0.15) is 10.7 Å². The molecule has 5 aromatic rings. The molecule has 1 aromatic carbocycles. The first-order chi connectivity index (χ1) is 17.2. The van der Waals surface area contributed by atoms with Crippen LogP contribution in [0.15, 0.2) is 82.0 Å². The molecule has 0 spiro atoms. The zero-order chi connectivity index (χ0) is 24.0. The fraction of sp³-hybridized carbons (Fsp3) is 0.125. The van der Waals surface area contributed by atoms with Gasteiger partial charge in [-0.3, -0.25) is 14.3 Å². The Kier molecular flexibility index (Phi) is 7.22. The second-order valence-corrected chi connectivity index (χ2v) is 9.66. The molecule has 8 nitrogen and oxygen atoms in total. The fourth-order valence-corrected chi connectivity index (χ4v) is 5.25. The van der Waals surface area contributed by atoms with Crippen molar-refractivity contribution in [1.82, 2.24) is 30.0 Å². The fourth-order valence-electron chi connectivity index (χ4n) is 3.33. The summed E-state index contributed by atoms with van der Waals surface area (Å²) >= 11 is 9.14. The number of amides is 1. The Balaban J connectivity index is 1.27. The standard InChI is InChI=1S/C24H19ClN6O2S2/c25-16-5-3-7-18(13-16)31-22(20-8-4-12-33-20)29-30-24(31)35-15-21-28-19(14-34-21)23(32)27-11-9-17-6-1-2-10-26-17/h1-8,10,12-14H,9,11,15H2,(H,27,32). The van der Waals surface area contributed by atoms with Gasteiger partial charge in [0.25, 0.3) is 5.91 Å². The molecule has 0 unspecified atom stereocenters. The first kappa shape index (κ1) is 23.3. The maximum atomic E-state index is 12.5. The lowest BCUT2D eigenvalue weighted by Gasteiger charge is -2.09. The molecule has 1 N–H and O–H groups in total. The maximum absolute atomic E-state index is 12.5. The molecule has 0 radical (unpaired) electrons. The number of hydrogen-bond acceptors (Lipinski definition) is 8. The van der Waals surface area contributed by atoms with Crippen molar-refractivity contribution < 1.29 is 9.21 Å². The van der Waals surface area contributed by atoms with Gasteiger partial charge in [-0.1, -0.05) is 35.5 Å². The van der Waals surface area contributed by atoms with E-state index in [4.69, 9.17) is 16.0 Å². The third-order valence-electron chi connectivity index (χ3n) is 4.94. The van der Waals surface area contributed by atoms with Crippen LogP contribution >= 0.6 is 34.7 Å². The molecule has 0 bridgehead atoms. The van der Waals surface area contributed by atoms with Crippen molar-refractivity contribution >= 4 is 40.6 Å². The van der Waals surface area contributed by atoms with Crippen LogP contribution in [0.2, 0.25) is 5.02 Å². The third-order valence-corrected chi connectivity index (χ3v) is 7.15. The Labute approximate surface area is 214 Å². The van der Waals surface area contributed by atoms with Crippen LogP contribution in [0.5, 0.6) is 0 Å². The first-order valence-corrected chi connectivity index (χ1v) is 12.9. The molecular weight excluding hydrogens is 504 g/mol. The van der Waals surface area contributed by atoms with Gasteiger partial charge >= 0.3 is 0 Å². The van der Waals surface area contributed by atoms with Crippen LogP contribution in [0, 0.1) is 0 Å². The molecule has 11 heteroatoms. The highest BCUT2D eigenvalue weighted by molar-refractivity contribution is 7.98. The summed E-state index contributed by atoms with van der Waals surface area (Å²) < 4.78 is 7.45. The van der Waals surface area contributed by atoms with Crippen LogP contribution < -0.4 is 5.32 Å². The SMILES string of the molecule is O=C(NCCc1ccccn1)c1csc(CSc2nnc(-c3ccco3)n2-c2cccc(Cl)c2)n1. The Morgan fingerprint density at radius 3 is 2.89 bits per heavy atom. The summed E-state index contributed by atoms with van der Waals surface area (Å²) in [6.45, 7) is 0.496. The Bertz CT molecular complexity index is 1420. The predicted molar refractivity (Wildman–Crippen MR) is 136 cm³/mol. The van der Waals surface area contributed by atoms with Crippen LogP contribution in [0.3, 0.4) is 0 Å². The third kappa shape index (κ3) is 5.61. The lowest BCUT2D eigenvalue weighted by molar-refractivity contribution is 0.0949. The van der Waals surface area contributed by atoms with Gasteiger partial charge in [-0.25, -0.2) is 4.98 Å². The highest BCUT2D eigenvalue weighted by Gasteiger charge is 2.19. The number of aromatic nitrogens is 5. The number of rotatable bonds is 9. The van der Waals surface area contributed by atoms with E-state index in [1.165, 1.54) is 23.1 Å². The molecule has 5 rings (SSSR count). The van der Waals surface area contributed by atoms with Gasteiger partial charge < -0.3 is 9.73 Å². The minimum Gasteiger partial charge on any atom is -0.461 e. The second-order valence-electron chi connectivity index (χ2n) is 7.34. The quantitative estimate of drug-likeness (QED) is 0.262. The minimum absolute atomic E-state index is 0.198. The number of thiazole rings is 1. The average Bonchev–Trinajstić information content (AvgIpc) is 3.64. The van der Waals surface area contributed by atoms with Crippen LogP contribution in [0.25, 0.3) is 17.3 Å². The molecule has 0 saturated carbocycles. The number of nitrogens with zero attached hydrogens (tertiary/aromatic N) is 5. The monoisotopic (exact) mass is 522 g/mol. The molecule has 4 heterocycles. The van der Waals surface area contributed by atoms with Crippen LogP contribution in [-0.4, -0.2) is 37.2 Å². The van der Waals surface area contributed by atoms with Gasteiger partial charge in [0.05, 0.1) is 17.7 Å². The zero-order valence-corrected chi connectivity index (χ0v) is 20.7. The number of thioether (sulfide) groups is 1. The summed E-state index contributed by atoms with van der Waals surface area (Å²) in [6.07, 6.45) is 4.00. The first-order valence-electron chi connectivity index (χ1n) is 10.7. The van der Waals surface area contributed by atoms with Crippen LogP contribution in [0.4, 0.5) is 0 Å². The number of carbonyl (C=O) groups excluding carboxylic acids is 1. The van der Waals surface area contributed by atoms with Crippen molar-refractivity contribution in [1.29, 1.82) is 0 Å². The molecule has 0 saturated heterocycles. The summed E-state index contributed by atoms with van der Waals surface area (Å²) in [5.41, 5.74) is 2.16. The van der Waals surface area contributed by atoms with E-state index < -0.39 is 0 Å². The minimum atomic E-state index is -0.198. The van der Waals surface area contributed by atoms with Gasteiger partial charge in [0.2, 0.25) is 5.82 Å². The number of furan rings is 1. The van der Waals surface area contributed by atoms with Gasteiger partial charge in [-0.05, 0) is 42.5 Å². The molecule has 35 heavy (non-hydrogen) atoms. The van der Waals surface area contributed by atoms with Crippen molar-refractivity contribution in [3.63, 3.8) is 0 Å². The van der Waals surface area contributed by atoms with Gasteiger partial charge in [0, 0.05) is 35.3 Å². The van der Waals surface area contributed by atoms with E-state index in [1.54, 1.807) is 23.9 Å². The van der Waals surface area contributed by atoms with E-state index >= 15 is 0 Å². The van der Waals surface area contributed by atoms with E-state index in [-0.39, 0.29) is 5.91 Å². The van der Waals surface area contributed by atoms with Crippen molar-refractivity contribution in [2.75, 3.05) is 6.54 Å². The molecule has 176 valence electrons. The summed E-state index contributed by atoms with van der Waals surface area (Å²) in [7, 11) is 0. The zero-order valence-electron chi connectivity index (χ0n) is 18.3. The largest absolute Gasteiger partial charge is 0.461 e. The van der Waals surface area contributed by atoms with Crippen molar-refractivity contribution in [2.45, 2.75) is 17.3 Å². The van der Waals surface area contributed by atoms with Crippen molar-refractivity contribution in [2.24, 2.45) is 0 Å². The molecular formula is C24H19ClN6O2S2. The lowest BCUT2D eigenvalue weighted by atomic mass is 10.2. The van der Waals surface area contributed by atoms with Gasteiger partial charge in [-0.15, -0.1) is 21.5 Å². The molecule has 4 aromatic heterocycles. The molecule has 0 atom stereocenters. The molecule has 0 fully saturated rings. The van der Waals surface area contributed by atoms with E-state index in [0.29, 0.717) is 46.2 Å². The normalized spacial score (nSPS) is 11.0. The number of carbonyl (C=O) groups is 1. The van der Waals surface area contributed by atoms with Gasteiger partial charge in [0.15, 0.2) is 10.9 Å². The van der Waals surface area contributed by atoms with E-state index in [1.807, 2.05) is 53.1 Å². The number of nitrogens with one attached hydrogen (secondary N) is 1. The van der Waals surface area contributed by atoms with Crippen molar-refractivity contribution in [3.8, 4) is 17.3 Å². The Morgan fingerprint density at radius 1 is 1.14 bits per heavy atom. The van der Waals surface area contributed by atoms with E-state index in [2.05, 4.69) is 25.5 Å². The number of benzene rings is 1. The van der Waals surface area contributed by atoms with Crippen LogP contribution in [0.1, 0.15) is 21.2 Å². The highest BCUT2D eigenvalue weighted by atomic mass is 35.5. The average molecular weight is 523 g/mol. The lowest BCUT2D eigenvalue weighted by Crippen LogP contribution is -2.26. The number of halogens is 1. The summed E-state index contributed by atoms with van der Waals surface area (Å²) in [4.78, 5) is 21.2. The highest BCUT2D eigenvalue weighted by Crippen LogP contribution is 2.31.